The van der Waals surface area contributed by atoms with Crippen molar-refractivity contribution in [3.8, 4) is 17.2 Å². The molecular weight excluding hydrogens is 408 g/mol. The zero-order chi connectivity index (χ0) is 22.7. The number of benzene rings is 2. The van der Waals surface area contributed by atoms with Gasteiger partial charge in [0.25, 0.3) is 5.56 Å². The molecule has 0 aliphatic carbocycles. The van der Waals surface area contributed by atoms with Crippen molar-refractivity contribution < 1.29 is 14.3 Å². The smallest absolute Gasteiger partial charge is 0.262 e. The predicted molar refractivity (Wildman–Crippen MR) is 121 cm³/mol. The van der Waals surface area contributed by atoms with Crippen molar-refractivity contribution in [1.29, 1.82) is 0 Å². The summed E-state index contributed by atoms with van der Waals surface area (Å²) in [6.07, 6.45) is 1.62. The summed E-state index contributed by atoms with van der Waals surface area (Å²) >= 11 is 0. The van der Waals surface area contributed by atoms with Crippen LogP contribution >= 0.6 is 0 Å². The number of pyridine rings is 1. The summed E-state index contributed by atoms with van der Waals surface area (Å²) in [5.74, 6) is 1.03. The number of fused-ring (bicyclic) bond motifs is 1. The number of ether oxygens (including phenoxy) is 2. The molecule has 0 fully saturated rings. The Bertz CT molecular complexity index is 1330. The predicted octanol–water partition coefficient (Wildman–Crippen LogP) is 2.83. The number of aromatic nitrogens is 3. The molecule has 4 rings (SSSR count). The number of hydrogen-bond donors (Lipinski definition) is 1. The van der Waals surface area contributed by atoms with Gasteiger partial charge in [-0.3, -0.25) is 9.59 Å². The van der Waals surface area contributed by atoms with E-state index in [1.807, 2.05) is 36.4 Å². The fourth-order valence-electron chi connectivity index (χ4n) is 3.65. The molecule has 2 aromatic carbocycles. The van der Waals surface area contributed by atoms with Gasteiger partial charge in [0.05, 0.1) is 36.5 Å². The highest BCUT2D eigenvalue weighted by molar-refractivity contribution is 5.83. The van der Waals surface area contributed by atoms with Crippen molar-refractivity contribution in [3.05, 3.63) is 82.4 Å². The Morgan fingerprint density at radius 3 is 2.56 bits per heavy atom. The van der Waals surface area contributed by atoms with Crippen LogP contribution in [0, 0.1) is 6.92 Å². The van der Waals surface area contributed by atoms with Gasteiger partial charge in [-0.2, -0.15) is 5.10 Å². The van der Waals surface area contributed by atoms with Crippen LogP contribution in [0.4, 0.5) is 0 Å². The number of carbonyl (C=O) groups excluding carboxylic acids is 1. The number of amides is 1. The number of hydrogen-bond acceptors (Lipinski definition) is 5. The van der Waals surface area contributed by atoms with Gasteiger partial charge >= 0.3 is 0 Å². The van der Waals surface area contributed by atoms with Crippen molar-refractivity contribution in [1.82, 2.24) is 19.7 Å². The number of rotatable bonds is 7. The molecule has 0 saturated carbocycles. The number of carbonyl (C=O) groups is 1. The van der Waals surface area contributed by atoms with Gasteiger partial charge in [0.1, 0.15) is 18.0 Å². The number of aryl methyl sites for hydroxylation is 1. The monoisotopic (exact) mass is 432 g/mol. The maximum absolute atomic E-state index is 13.1. The standard InChI is InChI=1S/C24H24N4O4/c1-16-23-20(28(26-16)18-7-5-4-6-8-18)11-12-27(24(23)30)15-22(29)25-14-17-13-19(31-2)9-10-21(17)32-3/h4-13H,14-15H2,1-3H3,(H,25,29). The molecule has 8 nitrogen and oxygen atoms in total. The van der Waals surface area contributed by atoms with E-state index in [0.717, 1.165) is 11.3 Å². The molecule has 32 heavy (non-hydrogen) atoms. The van der Waals surface area contributed by atoms with E-state index in [9.17, 15) is 9.59 Å². The minimum Gasteiger partial charge on any atom is -0.497 e. The van der Waals surface area contributed by atoms with Gasteiger partial charge in [0, 0.05) is 18.3 Å². The second kappa shape index (κ2) is 8.97. The minimum absolute atomic E-state index is 0.100. The van der Waals surface area contributed by atoms with Gasteiger partial charge in [0.15, 0.2) is 0 Å². The molecular formula is C24H24N4O4. The molecule has 8 heteroatoms. The van der Waals surface area contributed by atoms with E-state index >= 15 is 0 Å². The molecule has 0 radical (unpaired) electrons. The quantitative estimate of drug-likeness (QED) is 0.485. The van der Waals surface area contributed by atoms with Gasteiger partial charge in [-0.25, -0.2) is 4.68 Å². The highest BCUT2D eigenvalue weighted by Gasteiger charge is 2.15. The van der Waals surface area contributed by atoms with Crippen molar-refractivity contribution in [3.63, 3.8) is 0 Å². The number of nitrogens with zero attached hydrogens (tertiary/aromatic N) is 3. The van der Waals surface area contributed by atoms with Gasteiger partial charge in [0.2, 0.25) is 5.91 Å². The Morgan fingerprint density at radius 1 is 1.06 bits per heavy atom. The summed E-state index contributed by atoms with van der Waals surface area (Å²) < 4.78 is 13.7. The summed E-state index contributed by atoms with van der Waals surface area (Å²) in [6, 6.07) is 16.8. The summed E-state index contributed by atoms with van der Waals surface area (Å²) in [5, 5.41) is 7.87. The van der Waals surface area contributed by atoms with Crippen LogP contribution in [0.1, 0.15) is 11.3 Å². The van der Waals surface area contributed by atoms with Crippen LogP contribution in [0.15, 0.2) is 65.6 Å². The maximum Gasteiger partial charge on any atom is 0.262 e. The molecule has 2 aromatic heterocycles. The topological polar surface area (TPSA) is 87.4 Å². The first kappa shape index (κ1) is 21.2. The first-order valence-corrected chi connectivity index (χ1v) is 10.1. The van der Waals surface area contributed by atoms with E-state index in [-0.39, 0.29) is 24.6 Å². The van der Waals surface area contributed by atoms with Gasteiger partial charge < -0.3 is 19.4 Å². The molecule has 2 heterocycles. The second-order valence-corrected chi connectivity index (χ2v) is 7.30. The summed E-state index contributed by atoms with van der Waals surface area (Å²) in [5.41, 5.74) is 2.72. The van der Waals surface area contributed by atoms with Crippen molar-refractivity contribution in [2.75, 3.05) is 14.2 Å². The van der Waals surface area contributed by atoms with Gasteiger partial charge in [-0.15, -0.1) is 0 Å². The molecule has 0 saturated heterocycles. The SMILES string of the molecule is COc1ccc(OC)c(CNC(=O)Cn2ccc3c(c(C)nn3-c3ccccc3)c2=O)c1. The average Bonchev–Trinajstić information content (AvgIpc) is 3.16. The molecule has 0 aliphatic heterocycles. The summed E-state index contributed by atoms with van der Waals surface area (Å²) in [7, 11) is 3.15. The van der Waals surface area contributed by atoms with Gasteiger partial charge in [-0.05, 0) is 43.3 Å². The summed E-state index contributed by atoms with van der Waals surface area (Å²) in [6.45, 7) is 1.95. The molecule has 0 bridgehead atoms. The molecule has 4 aromatic rings. The molecule has 1 amide bonds. The normalized spacial score (nSPS) is 10.8. The lowest BCUT2D eigenvalue weighted by Gasteiger charge is -2.12. The lowest BCUT2D eigenvalue weighted by Crippen LogP contribution is -2.32. The molecule has 0 spiro atoms. The van der Waals surface area contributed by atoms with Crippen LogP contribution in [-0.2, 0) is 17.9 Å². The number of para-hydroxylation sites is 1. The fraction of sp³-hybridized carbons (Fsp3) is 0.208. The minimum atomic E-state index is -0.288. The highest BCUT2D eigenvalue weighted by atomic mass is 16.5. The average molecular weight is 432 g/mol. The van der Waals surface area contributed by atoms with Crippen molar-refractivity contribution >= 4 is 16.8 Å². The lowest BCUT2D eigenvalue weighted by molar-refractivity contribution is -0.121. The van der Waals surface area contributed by atoms with E-state index in [2.05, 4.69) is 10.4 Å². The van der Waals surface area contributed by atoms with Crippen molar-refractivity contribution in [2.45, 2.75) is 20.0 Å². The Labute approximate surface area is 185 Å². The molecule has 1 N–H and O–H groups in total. The Kier molecular flexibility index (Phi) is 5.93. The van der Waals surface area contributed by atoms with Crippen molar-refractivity contribution in [2.24, 2.45) is 0 Å². The molecule has 0 aliphatic rings. The van der Waals surface area contributed by atoms with E-state index < -0.39 is 0 Å². The Hall–Kier alpha value is -4.07. The third-order valence-corrected chi connectivity index (χ3v) is 5.26. The van der Waals surface area contributed by atoms with Crippen LogP contribution in [0.2, 0.25) is 0 Å². The zero-order valence-electron chi connectivity index (χ0n) is 18.2. The van der Waals surface area contributed by atoms with Gasteiger partial charge in [-0.1, -0.05) is 18.2 Å². The molecule has 0 atom stereocenters. The fourth-order valence-corrected chi connectivity index (χ4v) is 3.65. The first-order chi connectivity index (χ1) is 15.5. The largest absolute Gasteiger partial charge is 0.497 e. The zero-order valence-corrected chi connectivity index (χ0v) is 18.2. The van der Waals surface area contributed by atoms with E-state index in [1.54, 1.807) is 50.2 Å². The third kappa shape index (κ3) is 4.07. The van der Waals surface area contributed by atoms with E-state index in [4.69, 9.17) is 9.47 Å². The Morgan fingerprint density at radius 2 is 1.84 bits per heavy atom. The van der Waals surface area contributed by atoms with Crippen LogP contribution in [0.5, 0.6) is 11.5 Å². The number of nitrogens with one attached hydrogen (secondary N) is 1. The van der Waals surface area contributed by atoms with Crippen LogP contribution < -0.4 is 20.3 Å². The maximum atomic E-state index is 13.1. The van der Waals surface area contributed by atoms with Crippen LogP contribution in [-0.4, -0.2) is 34.5 Å². The van der Waals surface area contributed by atoms with E-state index in [0.29, 0.717) is 28.1 Å². The van der Waals surface area contributed by atoms with Crippen LogP contribution in [0.25, 0.3) is 16.6 Å². The second-order valence-electron chi connectivity index (χ2n) is 7.30. The highest BCUT2D eigenvalue weighted by Crippen LogP contribution is 2.23. The number of methoxy groups -OCH3 is 2. The van der Waals surface area contributed by atoms with E-state index in [1.165, 1.54) is 4.57 Å². The molecule has 0 unspecified atom stereocenters. The third-order valence-electron chi connectivity index (χ3n) is 5.26. The first-order valence-electron chi connectivity index (χ1n) is 10.1. The molecule has 164 valence electrons. The van der Waals surface area contributed by atoms with Crippen LogP contribution in [0.3, 0.4) is 0 Å². The summed E-state index contributed by atoms with van der Waals surface area (Å²) in [4.78, 5) is 25.7. The Balaban J connectivity index is 1.55. The lowest BCUT2D eigenvalue weighted by atomic mass is 10.2.